The van der Waals surface area contributed by atoms with Crippen molar-refractivity contribution < 1.29 is 19.1 Å². The van der Waals surface area contributed by atoms with Crippen LogP contribution in [-0.4, -0.2) is 39.8 Å². The predicted octanol–water partition coefficient (Wildman–Crippen LogP) is 3.59. The number of methoxy groups -OCH3 is 1. The number of rotatable bonds is 4. The van der Waals surface area contributed by atoms with Crippen LogP contribution < -0.4 is 16.2 Å². The van der Waals surface area contributed by atoms with E-state index in [4.69, 9.17) is 23.2 Å². The molecule has 0 aliphatic rings. The average molecular weight is 528 g/mol. The number of carbonyl (C=O) groups excluding carboxylic acids is 3. The third-order valence-electron chi connectivity index (χ3n) is 3.79. The highest BCUT2D eigenvalue weighted by molar-refractivity contribution is 9.10. The molecule has 160 valence electrons. The zero-order valence-electron chi connectivity index (χ0n) is 15.6. The minimum absolute atomic E-state index is 0.00162. The largest absolute Gasteiger partial charge is 0.452 e. The van der Waals surface area contributed by atoms with E-state index in [-0.39, 0.29) is 32.8 Å². The minimum atomic E-state index is -0.873. The number of hydrogen-bond donors (Lipinski definition) is 3. The summed E-state index contributed by atoms with van der Waals surface area (Å²) in [5.74, 6) is -1.08. The van der Waals surface area contributed by atoms with E-state index >= 15 is 0 Å². The van der Waals surface area contributed by atoms with Crippen LogP contribution in [0.1, 0.15) is 20.8 Å². The van der Waals surface area contributed by atoms with Gasteiger partial charge in [0.15, 0.2) is 5.82 Å². The van der Waals surface area contributed by atoms with Gasteiger partial charge in [0.05, 0.1) is 23.4 Å². The Hall–Kier alpha value is -3.15. The fourth-order valence-electron chi connectivity index (χ4n) is 2.43. The van der Waals surface area contributed by atoms with Crippen molar-refractivity contribution in [2.75, 3.05) is 12.4 Å². The molecule has 0 bridgehead atoms. The molecule has 0 aliphatic heterocycles. The lowest BCUT2D eigenvalue weighted by Gasteiger charge is -2.13. The molecule has 0 spiro atoms. The van der Waals surface area contributed by atoms with Crippen molar-refractivity contribution in [2.45, 2.75) is 0 Å². The molecule has 1 aromatic carbocycles. The first-order valence-electron chi connectivity index (χ1n) is 8.42. The third kappa shape index (κ3) is 5.32. The van der Waals surface area contributed by atoms with E-state index in [9.17, 15) is 14.4 Å². The normalized spacial score (nSPS) is 10.3. The van der Waals surface area contributed by atoms with Gasteiger partial charge in [-0.1, -0.05) is 23.2 Å². The van der Waals surface area contributed by atoms with Crippen LogP contribution in [0.25, 0.3) is 5.82 Å². The number of nitrogens with one attached hydrogen (secondary N) is 3. The first-order valence-corrected chi connectivity index (χ1v) is 9.96. The highest BCUT2D eigenvalue weighted by Crippen LogP contribution is 2.24. The SMILES string of the molecule is COC(=O)NNC(=O)c1cc(Cl)ccc1NC(=O)c1cc(Br)nn1-c1ncccc1Cl. The van der Waals surface area contributed by atoms with E-state index in [1.807, 2.05) is 5.43 Å². The van der Waals surface area contributed by atoms with Gasteiger partial charge < -0.3 is 10.1 Å². The lowest BCUT2D eigenvalue weighted by atomic mass is 10.1. The number of hydrogen-bond acceptors (Lipinski definition) is 6. The summed E-state index contributed by atoms with van der Waals surface area (Å²) in [7, 11) is 1.14. The maximum atomic E-state index is 13.0. The summed E-state index contributed by atoms with van der Waals surface area (Å²) in [6.07, 6.45) is 0.635. The molecule has 3 amide bonds. The number of benzene rings is 1. The number of aromatic nitrogens is 3. The van der Waals surface area contributed by atoms with Crippen molar-refractivity contribution in [2.24, 2.45) is 0 Å². The van der Waals surface area contributed by atoms with Gasteiger partial charge in [-0.3, -0.25) is 15.0 Å². The Labute approximate surface area is 194 Å². The van der Waals surface area contributed by atoms with E-state index in [0.29, 0.717) is 4.60 Å². The molecule has 0 unspecified atom stereocenters. The second kappa shape index (κ2) is 9.77. The van der Waals surface area contributed by atoms with Crippen LogP contribution in [0.15, 0.2) is 47.2 Å². The van der Waals surface area contributed by atoms with Crippen molar-refractivity contribution in [1.29, 1.82) is 0 Å². The molecule has 0 saturated carbocycles. The topological polar surface area (TPSA) is 127 Å². The molecule has 10 nitrogen and oxygen atoms in total. The number of pyridine rings is 1. The number of carbonyl (C=O) groups is 3. The van der Waals surface area contributed by atoms with Gasteiger partial charge in [-0.15, -0.1) is 0 Å². The predicted molar refractivity (Wildman–Crippen MR) is 116 cm³/mol. The Balaban J connectivity index is 1.91. The van der Waals surface area contributed by atoms with E-state index in [1.54, 1.807) is 12.1 Å². The van der Waals surface area contributed by atoms with Crippen molar-refractivity contribution in [3.63, 3.8) is 0 Å². The van der Waals surface area contributed by atoms with Crippen molar-refractivity contribution in [1.82, 2.24) is 25.6 Å². The molecule has 31 heavy (non-hydrogen) atoms. The number of amides is 3. The maximum Gasteiger partial charge on any atom is 0.425 e. The first-order chi connectivity index (χ1) is 14.8. The molecule has 13 heteroatoms. The molecule has 2 aromatic heterocycles. The van der Waals surface area contributed by atoms with Crippen molar-refractivity contribution in [3.8, 4) is 5.82 Å². The average Bonchev–Trinajstić information content (AvgIpc) is 3.14. The molecule has 0 fully saturated rings. The summed E-state index contributed by atoms with van der Waals surface area (Å²) >= 11 is 15.4. The highest BCUT2D eigenvalue weighted by Gasteiger charge is 2.21. The standard InChI is InChI=1S/C18H13BrCl2N6O4/c1-31-18(30)25-24-16(28)10-7-9(20)4-5-12(10)23-17(29)13-8-14(19)26-27(13)15-11(21)3-2-6-22-15/h2-8H,1H3,(H,23,29)(H,24,28)(H,25,30). The zero-order valence-corrected chi connectivity index (χ0v) is 18.7. The second-order valence-corrected chi connectivity index (χ2v) is 7.44. The monoisotopic (exact) mass is 526 g/mol. The summed E-state index contributed by atoms with van der Waals surface area (Å²) in [4.78, 5) is 40.8. The molecule has 0 radical (unpaired) electrons. The lowest BCUT2D eigenvalue weighted by molar-refractivity contribution is 0.0921. The second-order valence-electron chi connectivity index (χ2n) is 5.79. The van der Waals surface area contributed by atoms with Crippen LogP contribution in [0.3, 0.4) is 0 Å². The Bertz CT molecular complexity index is 1170. The van der Waals surface area contributed by atoms with Crippen LogP contribution in [0.2, 0.25) is 10.0 Å². The van der Waals surface area contributed by atoms with Gasteiger partial charge in [-0.2, -0.15) is 5.10 Å². The van der Waals surface area contributed by atoms with Crippen molar-refractivity contribution >= 4 is 62.7 Å². The maximum absolute atomic E-state index is 13.0. The molecule has 3 N–H and O–H groups in total. The van der Waals surface area contributed by atoms with Gasteiger partial charge in [0, 0.05) is 17.3 Å². The fraction of sp³-hybridized carbons (Fsp3) is 0.0556. The first kappa shape index (κ1) is 22.5. The van der Waals surface area contributed by atoms with Gasteiger partial charge in [0.1, 0.15) is 10.3 Å². The number of anilines is 1. The van der Waals surface area contributed by atoms with Crippen LogP contribution in [0.5, 0.6) is 0 Å². The summed E-state index contributed by atoms with van der Waals surface area (Å²) in [5, 5.41) is 7.35. The molecule has 0 saturated heterocycles. The third-order valence-corrected chi connectivity index (χ3v) is 4.71. The van der Waals surface area contributed by atoms with Gasteiger partial charge in [0.25, 0.3) is 11.8 Å². The van der Waals surface area contributed by atoms with Crippen LogP contribution >= 0.6 is 39.1 Å². The molecule has 0 atom stereocenters. The molecule has 3 aromatic rings. The molecular formula is C18H13BrCl2N6O4. The Morgan fingerprint density at radius 2 is 1.87 bits per heavy atom. The van der Waals surface area contributed by atoms with Gasteiger partial charge >= 0.3 is 6.09 Å². The van der Waals surface area contributed by atoms with Gasteiger partial charge in [-0.25, -0.2) is 19.9 Å². The number of ether oxygens (including phenoxy) is 1. The molecule has 0 aliphatic carbocycles. The summed E-state index contributed by atoms with van der Waals surface area (Å²) in [6.45, 7) is 0. The Morgan fingerprint density at radius 1 is 1.10 bits per heavy atom. The Morgan fingerprint density at radius 3 is 2.58 bits per heavy atom. The molecule has 2 heterocycles. The van der Waals surface area contributed by atoms with Crippen LogP contribution in [0.4, 0.5) is 10.5 Å². The summed E-state index contributed by atoms with van der Waals surface area (Å²) in [5.41, 5.74) is 4.43. The zero-order chi connectivity index (χ0) is 22.5. The fourth-order valence-corrected chi connectivity index (χ4v) is 3.18. The lowest BCUT2D eigenvalue weighted by Crippen LogP contribution is -2.41. The minimum Gasteiger partial charge on any atom is -0.452 e. The van der Waals surface area contributed by atoms with E-state index < -0.39 is 17.9 Å². The van der Waals surface area contributed by atoms with E-state index in [2.05, 4.69) is 41.5 Å². The summed E-state index contributed by atoms with van der Waals surface area (Å²) < 4.78 is 6.02. The van der Waals surface area contributed by atoms with Crippen molar-refractivity contribution in [3.05, 3.63) is 68.5 Å². The molecule has 3 rings (SSSR count). The quantitative estimate of drug-likeness (QED) is 0.445. The summed E-state index contributed by atoms with van der Waals surface area (Å²) in [6, 6.07) is 8.98. The number of nitrogens with zero attached hydrogens (tertiary/aromatic N) is 3. The molecular weight excluding hydrogens is 515 g/mol. The van der Waals surface area contributed by atoms with Crippen LogP contribution in [-0.2, 0) is 4.74 Å². The van der Waals surface area contributed by atoms with Crippen LogP contribution in [0, 0.1) is 0 Å². The number of halogens is 3. The van der Waals surface area contributed by atoms with E-state index in [1.165, 1.54) is 35.1 Å². The smallest absolute Gasteiger partial charge is 0.425 e. The van der Waals surface area contributed by atoms with Gasteiger partial charge in [0.2, 0.25) is 0 Å². The van der Waals surface area contributed by atoms with E-state index in [0.717, 1.165) is 7.11 Å². The van der Waals surface area contributed by atoms with Gasteiger partial charge in [-0.05, 0) is 46.3 Å². The Kier molecular flexibility index (Phi) is 7.10. The highest BCUT2D eigenvalue weighted by atomic mass is 79.9. The number of hydrazine groups is 1.